The molecule has 0 bridgehead atoms. The molecule has 0 atom stereocenters. The lowest BCUT2D eigenvalue weighted by molar-refractivity contribution is 0.138. The van der Waals surface area contributed by atoms with Crippen molar-refractivity contribution in [3.63, 3.8) is 0 Å². The lowest BCUT2D eigenvalue weighted by Crippen LogP contribution is -2.28. The lowest BCUT2D eigenvalue weighted by Gasteiger charge is -2.38. The molecule has 2 aliphatic carbocycles. The van der Waals surface area contributed by atoms with E-state index < -0.39 is 7.60 Å². The fourth-order valence-corrected chi connectivity index (χ4v) is 4.93. The van der Waals surface area contributed by atoms with E-state index in [2.05, 4.69) is 0 Å². The molecule has 0 aromatic rings. The number of rotatable bonds is 5. The van der Waals surface area contributed by atoms with Crippen molar-refractivity contribution in [3.05, 3.63) is 0 Å². The van der Waals surface area contributed by atoms with E-state index in [1.807, 2.05) is 0 Å². The maximum atomic E-state index is 11.2. The minimum absolute atomic E-state index is 0.102. The molecule has 0 saturated heterocycles. The third kappa shape index (κ3) is 5.21. The van der Waals surface area contributed by atoms with Crippen LogP contribution in [0.15, 0.2) is 0 Å². The Bertz CT molecular complexity index is 283. The van der Waals surface area contributed by atoms with Gasteiger partial charge in [0.15, 0.2) is 0 Å². The van der Waals surface area contributed by atoms with Crippen LogP contribution in [-0.4, -0.2) is 15.9 Å². The summed E-state index contributed by atoms with van der Waals surface area (Å²) in [6.45, 7) is 0. The second-order valence-corrected chi connectivity index (χ2v) is 8.41. The van der Waals surface area contributed by atoms with E-state index in [1.54, 1.807) is 0 Å². The second-order valence-electron chi connectivity index (χ2n) is 6.64. The van der Waals surface area contributed by atoms with Gasteiger partial charge in [-0.1, -0.05) is 64.2 Å². The van der Waals surface area contributed by atoms with Crippen LogP contribution < -0.4 is 0 Å². The first-order valence-corrected chi connectivity index (χ1v) is 9.90. The molecule has 4 heteroatoms. The first-order chi connectivity index (χ1) is 9.06. The summed E-state index contributed by atoms with van der Waals surface area (Å²) in [6.07, 6.45) is 14.0. The molecule has 0 aliphatic heterocycles. The summed E-state index contributed by atoms with van der Waals surface area (Å²) < 4.78 is 11.2. The average Bonchev–Trinajstić information content (AvgIpc) is 2.40. The van der Waals surface area contributed by atoms with Gasteiger partial charge in [-0.15, -0.1) is 0 Å². The molecule has 2 N–H and O–H groups in total. The van der Waals surface area contributed by atoms with Gasteiger partial charge >= 0.3 is 7.60 Å². The van der Waals surface area contributed by atoms with Gasteiger partial charge in [-0.05, 0) is 24.2 Å². The quantitative estimate of drug-likeness (QED) is 0.740. The van der Waals surface area contributed by atoms with E-state index in [4.69, 9.17) is 0 Å². The van der Waals surface area contributed by atoms with E-state index in [0.717, 1.165) is 18.3 Å². The molecular formula is C15H29O3P. The SMILES string of the molecule is O=P(O)(O)CCC(C1CCCCC1)C1CCCCC1. The van der Waals surface area contributed by atoms with Crippen LogP contribution in [0.1, 0.15) is 70.6 Å². The molecule has 0 spiro atoms. The standard InChI is InChI=1S/C15H29O3P/c16-19(17,18)12-11-15(13-7-3-1-4-8-13)14-9-5-2-6-10-14/h13-15H,1-12H2,(H2,16,17,18). The average molecular weight is 288 g/mol. The Balaban J connectivity index is 1.96. The molecule has 2 fully saturated rings. The Morgan fingerprint density at radius 2 is 1.26 bits per heavy atom. The van der Waals surface area contributed by atoms with Crippen molar-refractivity contribution in [2.75, 3.05) is 6.16 Å². The zero-order chi connectivity index (χ0) is 13.7. The monoisotopic (exact) mass is 288 g/mol. The van der Waals surface area contributed by atoms with Crippen molar-refractivity contribution in [2.45, 2.75) is 70.6 Å². The third-order valence-corrected chi connectivity index (χ3v) is 6.11. The van der Waals surface area contributed by atoms with Crippen molar-refractivity contribution < 1.29 is 14.4 Å². The Morgan fingerprint density at radius 3 is 1.63 bits per heavy atom. The van der Waals surface area contributed by atoms with Gasteiger partial charge in [0.25, 0.3) is 0 Å². The van der Waals surface area contributed by atoms with E-state index >= 15 is 0 Å². The highest BCUT2D eigenvalue weighted by molar-refractivity contribution is 7.51. The largest absolute Gasteiger partial charge is 0.325 e. The van der Waals surface area contributed by atoms with E-state index in [0.29, 0.717) is 5.92 Å². The normalized spacial score (nSPS) is 23.9. The van der Waals surface area contributed by atoms with Crippen LogP contribution in [0.25, 0.3) is 0 Å². The van der Waals surface area contributed by atoms with Gasteiger partial charge in [0, 0.05) is 0 Å². The Hall–Kier alpha value is 0.150. The highest BCUT2D eigenvalue weighted by atomic mass is 31.2. The van der Waals surface area contributed by atoms with Crippen molar-refractivity contribution in [1.82, 2.24) is 0 Å². The first kappa shape index (κ1) is 15.5. The van der Waals surface area contributed by atoms with Crippen LogP contribution in [0.4, 0.5) is 0 Å². The molecule has 0 heterocycles. The molecule has 19 heavy (non-hydrogen) atoms. The van der Waals surface area contributed by atoms with Crippen molar-refractivity contribution in [1.29, 1.82) is 0 Å². The second kappa shape index (κ2) is 7.24. The number of hydrogen-bond acceptors (Lipinski definition) is 1. The molecule has 112 valence electrons. The van der Waals surface area contributed by atoms with Crippen LogP contribution >= 0.6 is 7.60 Å². The van der Waals surface area contributed by atoms with Gasteiger partial charge in [-0.25, -0.2) is 0 Å². The fourth-order valence-electron chi connectivity index (χ4n) is 4.30. The summed E-state index contributed by atoms with van der Waals surface area (Å²) in [6, 6.07) is 0. The van der Waals surface area contributed by atoms with Crippen molar-refractivity contribution in [3.8, 4) is 0 Å². The van der Waals surface area contributed by atoms with E-state index in [9.17, 15) is 14.4 Å². The first-order valence-electron chi connectivity index (χ1n) is 8.11. The summed E-state index contributed by atoms with van der Waals surface area (Å²) in [5.74, 6) is 2.06. The maximum absolute atomic E-state index is 11.2. The zero-order valence-corrected chi connectivity index (χ0v) is 12.9. The van der Waals surface area contributed by atoms with Crippen molar-refractivity contribution in [2.24, 2.45) is 17.8 Å². The lowest BCUT2D eigenvalue weighted by atomic mass is 9.68. The van der Waals surface area contributed by atoms with Gasteiger partial charge in [0.05, 0.1) is 6.16 Å². The van der Waals surface area contributed by atoms with Gasteiger partial charge < -0.3 is 9.79 Å². The van der Waals surface area contributed by atoms with E-state index in [1.165, 1.54) is 64.2 Å². The van der Waals surface area contributed by atoms with Crippen LogP contribution in [-0.2, 0) is 4.57 Å². The molecular weight excluding hydrogens is 259 g/mol. The Labute approximate surface area is 117 Å². The molecule has 0 aromatic heterocycles. The molecule has 0 amide bonds. The molecule has 3 nitrogen and oxygen atoms in total. The summed E-state index contributed by atoms with van der Waals surface area (Å²) in [7, 11) is -3.82. The minimum Gasteiger partial charge on any atom is -0.324 e. The molecule has 2 rings (SSSR count). The highest BCUT2D eigenvalue weighted by Crippen LogP contribution is 2.45. The number of hydrogen-bond donors (Lipinski definition) is 2. The predicted octanol–water partition coefficient (Wildman–Crippen LogP) is 4.33. The van der Waals surface area contributed by atoms with Gasteiger partial charge in [0.1, 0.15) is 0 Å². The third-order valence-electron chi connectivity index (χ3n) is 5.26. The predicted molar refractivity (Wildman–Crippen MR) is 78.2 cm³/mol. The molecule has 0 aromatic carbocycles. The molecule has 0 unspecified atom stereocenters. The van der Waals surface area contributed by atoms with Crippen LogP contribution in [0.3, 0.4) is 0 Å². The molecule has 0 radical (unpaired) electrons. The summed E-state index contributed by atoms with van der Waals surface area (Å²) in [4.78, 5) is 18.3. The summed E-state index contributed by atoms with van der Waals surface area (Å²) >= 11 is 0. The zero-order valence-electron chi connectivity index (χ0n) is 12.0. The van der Waals surface area contributed by atoms with Gasteiger partial charge in [0.2, 0.25) is 0 Å². The molecule has 2 saturated carbocycles. The Kier molecular flexibility index (Phi) is 5.92. The minimum atomic E-state index is -3.82. The van der Waals surface area contributed by atoms with Gasteiger partial charge in [-0.3, -0.25) is 4.57 Å². The van der Waals surface area contributed by atoms with E-state index in [-0.39, 0.29) is 6.16 Å². The van der Waals surface area contributed by atoms with Crippen molar-refractivity contribution >= 4 is 7.60 Å². The topological polar surface area (TPSA) is 57.5 Å². The summed E-state index contributed by atoms with van der Waals surface area (Å²) in [5, 5.41) is 0. The van der Waals surface area contributed by atoms with Crippen LogP contribution in [0.2, 0.25) is 0 Å². The highest BCUT2D eigenvalue weighted by Gasteiger charge is 2.32. The summed E-state index contributed by atoms with van der Waals surface area (Å²) in [5.41, 5.74) is 0. The van der Waals surface area contributed by atoms with Gasteiger partial charge in [-0.2, -0.15) is 0 Å². The smallest absolute Gasteiger partial charge is 0.324 e. The Morgan fingerprint density at radius 1 is 0.842 bits per heavy atom. The van der Waals surface area contributed by atoms with Crippen LogP contribution in [0.5, 0.6) is 0 Å². The fraction of sp³-hybridized carbons (Fsp3) is 1.00. The molecule has 2 aliphatic rings. The van der Waals surface area contributed by atoms with Crippen LogP contribution in [0, 0.1) is 17.8 Å². The maximum Gasteiger partial charge on any atom is 0.325 e.